The molecule has 0 bridgehead atoms. The molecule has 2 aromatic heterocycles. The van der Waals surface area contributed by atoms with E-state index in [0.29, 0.717) is 0 Å². The van der Waals surface area contributed by atoms with Gasteiger partial charge in [0.25, 0.3) is 0 Å². The highest BCUT2D eigenvalue weighted by molar-refractivity contribution is 7.09. The minimum atomic E-state index is 0.217. The molecule has 92 valence electrons. The lowest BCUT2D eigenvalue weighted by molar-refractivity contribution is 0.288. The Balaban J connectivity index is 1.90. The van der Waals surface area contributed by atoms with Crippen molar-refractivity contribution < 1.29 is 5.11 Å². The van der Waals surface area contributed by atoms with Gasteiger partial charge < -0.3 is 10.1 Å². The Morgan fingerprint density at radius 3 is 3.17 bits per heavy atom. The second kappa shape index (κ2) is 4.88. The van der Waals surface area contributed by atoms with Gasteiger partial charge in [-0.05, 0) is 18.6 Å². The van der Waals surface area contributed by atoms with E-state index in [-0.39, 0.29) is 6.61 Å². The number of aromatic amines is 1. The second-order valence-electron chi connectivity index (χ2n) is 4.09. The fourth-order valence-corrected chi connectivity index (χ4v) is 2.73. The average molecular weight is 259 g/mol. The summed E-state index contributed by atoms with van der Waals surface area (Å²) in [5.74, 6) is 0. The normalized spacial score (nSPS) is 11.2. The standard InChI is InChI=1S/C13H13N3OS/c17-5-1-2-13-16-12(7-18-13)9-3-4-10-11(6-9)15-8-14-10/h3-4,6-8,17H,1-2,5H2,(H,14,15). The van der Waals surface area contributed by atoms with Gasteiger partial charge in [-0.3, -0.25) is 0 Å². The van der Waals surface area contributed by atoms with Crippen LogP contribution in [-0.2, 0) is 6.42 Å². The third-order valence-corrected chi connectivity index (χ3v) is 3.73. The Hall–Kier alpha value is -1.72. The fourth-order valence-electron chi connectivity index (χ4n) is 1.88. The first kappa shape index (κ1) is 11.4. The summed E-state index contributed by atoms with van der Waals surface area (Å²) in [4.78, 5) is 11.9. The summed E-state index contributed by atoms with van der Waals surface area (Å²) in [6, 6.07) is 6.09. The number of benzene rings is 1. The van der Waals surface area contributed by atoms with Crippen molar-refractivity contribution in [2.75, 3.05) is 6.61 Å². The van der Waals surface area contributed by atoms with Crippen molar-refractivity contribution in [3.63, 3.8) is 0 Å². The fraction of sp³-hybridized carbons (Fsp3) is 0.231. The number of nitrogens with one attached hydrogen (secondary N) is 1. The van der Waals surface area contributed by atoms with Gasteiger partial charge in [0.1, 0.15) is 0 Å². The SMILES string of the molecule is OCCCc1nc(-c2ccc3nc[nH]c3c2)cs1. The number of rotatable bonds is 4. The van der Waals surface area contributed by atoms with Crippen LogP contribution in [0.3, 0.4) is 0 Å². The topological polar surface area (TPSA) is 61.8 Å². The average Bonchev–Trinajstić information content (AvgIpc) is 3.04. The molecule has 0 radical (unpaired) electrons. The molecule has 3 rings (SSSR count). The molecule has 0 fully saturated rings. The van der Waals surface area contributed by atoms with Crippen molar-refractivity contribution in [2.24, 2.45) is 0 Å². The minimum Gasteiger partial charge on any atom is -0.396 e. The Kier molecular flexibility index (Phi) is 3.08. The van der Waals surface area contributed by atoms with Crippen molar-refractivity contribution in [3.8, 4) is 11.3 Å². The number of aromatic nitrogens is 3. The van der Waals surface area contributed by atoms with Crippen LogP contribution in [-0.4, -0.2) is 26.7 Å². The number of aryl methyl sites for hydroxylation is 1. The van der Waals surface area contributed by atoms with Crippen molar-refractivity contribution in [2.45, 2.75) is 12.8 Å². The highest BCUT2D eigenvalue weighted by Gasteiger charge is 2.06. The van der Waals surface area contributed by atoms with Crippen LogP contribution in [0.5, 0.6) is 0 Å². The maximum absolute atomic E-state index is 8.81. The zero-order chi connectivity index (χ0) is 12.4. The van der Waals surface area contributed by atoms with E-state index < -0.39 is 0 Å². The van der Waals surface area contributed by atoms with E-state index in [9.17, 15) is 0 Å². The van der Waals surface area contributed by atoms with Crippen LogP contribution in [0.15, 0.2) is 29.9 Å². The molecule has 2 heterocycles. The molecule has 1 aromatic carbocycles. The maximum atomic E-state index is 8.81. The largest absolute Gasteiger partial charge is 0.396 e. The minimum absolute atomic E-state index is 0.217. The van der Waals surface area contributed by atoms with Gasteiger partial charge in [-0.2, -0.15) is 0 Å². The first-order valence-electron chi connectivity index (χ1n) is 5.85. The van der Waals surface area contributed by atoms with Crippen molar-refractivity contribution in [1.29, 1.82) is 0 Å². The first-order chi connectivity index (χ1) is 8.86. The Morgan fingerprint density at radius 1 is 1.33 bits per heavy atom. The summed E-state index contributed by atoms with van der Waals surface area (Å²) in [6.45, 7) is 0.217. The highest BCUT2D eigenvalue weighted by atomic mass is 32.1. The van der Waals surface area contributed by atoms with Crippen LogP contribution in [0.4, 0.5) is 0 Å². The van der Waals surface area contributed by atoms with E-state index in [4.69, 9.17) is 5.11 Å². The predicted molar refractivity (Wildman–Crippen MR) is 72.6 cm³/mol. The third kappa shape index (κ3) is 2.14. The van der Waals surface area contributed by atoms with Crippen LogP contribution in [0.2, 0.25) is 0 Å². The van der Waals surface area contributed by atoms with E-state index in [0.717, 1.165) is 40.1 Å². The van der Waals surface area contributed by atoms with Crippen molar-refractivity contribution in [1.82, 2.24) is 15.0 Å². The van der Waals surface area contributed by atoms with Gasteiger partial charge in [0, 0.05) is 24.0 Å². The summed E-state index contributed by atoms with van der Waals surface area (Å²) >= 11 is 1.64. The molecular weight excluding hydrogens is 246 g/mol. The summed E-state index contributed by atoms with van der Waals surface area (Å²) in [6.07, 6.45) is 3.31. The van der Waals surface area contributed by atoms with E-state index in [1.54, 1.807) is 17.7 Å². The van der Waals surface area contributed by atoms with Gasteiger partial charge in [0.15, 0.2) is 0 Å². The number of nitrogens with zero attached hydrogens (tertiary/aromatic N) is 2. The van der Waals surface area contributed by atoms with Gasteiger partial charge in [-0.1, -0.05) is 6.07 Å². The molecule has 0 atom stereocenters. The summed E-state index contributed by atoms with van der Waals surface area (Å²) in [5.41, 5.74) is 4.08. The van der Waals surface area contributed by atoms with E-state index in [1.165, 1.54) is 0 Å². The van der Waals surface area contributed by atoms with Crippen LogP contribution in [0.25, 0.3) is 22.3 Å². The van der Waals surface area contributed by atoms with Crippen molar-refractivity contribution in [3.05, 3.63) is 34.9 Å². The molecule has 3 aromatic rings. The number of aliphatic hydroxyl groups excluding tert-OH is 1. The molecule has 0 saturated heterocycles. The van der Waals surface area contributed by atoms with Crippen LogP contribution < -0.4 is 0 Å². The molecule has 18 heavy (non-hydrogen) atoms. The summed E-state index contributed by atoms with van der Waals surface area (Å²) in [5, 5.41) is 11.9. The Morgan fingerprint density at radius 2 is 2.28 bits per heavy atom. The number of fused-ring (bicyclic) bond motifs is 1. The van der Waals surface area contributed by atoms with Crippen LogP contribution in [0.1, 0.15) is 11.4 Å². The van der Waals surface area contributed by atoms with Gasteiger partial charge in [-0.25, -0.2) is 9.97 Å². The number of H-pyrrole nitrogens is 1. The molecule has 5 heteroatoms. The quantitative estimate of drug-likeness (QED) is 0.757. The molecule has 0 aliphatic rings. The van der Waals surface area contributed by atoms with E-state index >= 15 is 0 Å². The highest BCUT2D eigenvalue weighted by Crippen LogP contribution is 2.25. The molecule has 0 saturated carbocycles. The van der Waals surface area contributed by atoms with Gasteiger partial charge in [0.05, 0.1) is 28.1 Å². The molecule has 0 aliphatic heterocycles. The molecule has 0 aliphatic carbocycles. The number of hydrogen-bond acceptors (Lipinski definition) is 4. The predicted octanol–water partition coefficient (Wildman–Crippen LogP) is 2.61. The lowest BCUT2D eigenvalue weighted by Crippen LogP contribution is -1.88. The summed E-state index contributed by atoms with van der Waals surface area (Å²) < 4.78 is 0. The first-order valence-corrected chi connectivity index (χ1v) is 6.73. The molecule has 2 N–H and O–H groups in total. The van der Waals surface area contributed by atoms with E-state index in [1.807, 2.05) is 12.1 Å². The number of hydrogen-bond donors (Lipinski definition) is 2. The van der Waals surface area contributed by atoms with Gasteiger partial charge in [0.2, 0.25) is 0 Å². The van der Waals surface area contributed by atoms with Gasteiger partial charge in [-0.15, -0.1) is 11.3 Å². The number of imidazole rings is 1. The molecule has 0 amide bonds. The van der Waals surface area contributed by atoms with Crippen LogP contribution >= 0.6 is 11.3 Å². The number of thiazole rings is 1. The lowest BCUT2D eigenvalue weighted by atomic mass is 10.1. The molecule has 0 unspecified atom stereocenters. The van der Waals surface area contributed by atoms with Gasteiger partial charge >= 0.3 is 0 Å². The Bertz CT molecular complexity index is 659. The molecular formula is C13H13N3OS. The molecule has 4 nitrogen and oxygen atoms in total. The zero-order valence-electron chi connectivity index (χ0n) is 9.76. The summed E-state index contributed by atoms with van der Waals surface area (Å²) in [7, 11) is 0. The maximum Gasteiger partial charge on any atom is 0.0933 e. The van der Waals surface area contributed by atoms with E-state index in [2.05, 4.69) is 26.4 Å². The third-order valence-electron chi connectivity index (χ3n) is 2.82. The lowest BCUT2D eigenvalue weighted by Gasteiger charge is -1.96. The van der Waals surface area contributed by atoms with Crippen molar-refractivity contribution >= 4 is 22.4 Å². The van der Waals surface area contributed by atoms with Crippen LogP contribution in [0, 0.1) is 0 Å². The number of aliphatic hydroxyl groups is 1. The monoisotopic (exact) mass is 259 g/mol. The second-order valence-corrected chi connectivity index (χ2v) is 5.03. The zero-order valence-corrected chi connectivity index (χ0v) is 10.6. The molecule has 0 spiro atoms. The Labute approximate surface area is 108 Å². The smallest absolute Gasteiger partial charge is 0.0933 e.